The highest BCUT2D eigenvalue weighted by atomic mass is 35.5. The second-order valence-corrected chi connectivity index (χ2v) is 9.24. The van der Waals surface area contributed by atoms with E-state index in [2.05, 4.69) is 0 Å². The van der Waals surface area contributed by atoms with E-state index in [9.17, 15) is 4.79 Å². The maximum atomic E-state index is 12.8. The Bertz CT molecular complexity index is 1050. The first-order valence-electron chi connectivity index (χ1n) is 8.47. The summed E-state index contributed by atoms with van der Waals surface area (Å²) in [6, 6.07) is 25.3. The van der Waals surface area contributed by atoms with Crippen LogP contribution in [-0.4, -0.2) is 10.2 Å². The first kappa shape index (κ1) is 19.3. The van der Waals surface area contributed by atoms with Gasteiger partial charge in [0.25, 0.3) is 5.91 Å². The number of hydrogen-bond acceptors (Lipinski definition) is 4. The van der Waals surface area contributed by atoms with Crippen LogP contribution in [0, 0.1) is 0 Å². The Labute approximate surface area is 182 Å². The predicted molar refractivity (Wildman–Crippen MR) is 124 cm³/mol. The van der Waals surface area contributed by atoms with Crippen molar-refractivity contribution in [2.24, 2.45) is 0 Å². The molecule has 138 valence electrons. The van der Waals surface area contributed by atoms with Crippen molar-refractivity contribution in [2.75, 3.05) is 4.90 Å². The number of carbonyl (C=O) groups is 1. The number of anilines is 1. The molecule has 0 saturated carbocycles. The highest BCUT2D eigenvalue weighted by Gasteiger charge is 2.33. The molecule has 0 bridgehead atoms. The van der Waals surface area contributed by atoms with Crippen LogP contribution in [0.25, 0.3) is 6.08 Å². The summed E-state index contributed by atoms with van der Waals surface area (Å²) in [4.78, 5) is 17.2. The van der Waals surface area contributed by atoms with Gasteiger partial charge in [0.15, 0.2) is 4.32 Å². The van der Waals surface area contributed by atoms with E-state index in [0.717, 1.165) is 26.1 Å². The van der Waals surface area contributed by atoms with E-state index >= 15 is 0 Å². The molecule has 0 aliphatic carbocycles. The van der Waals surface area contributed by atoms with Gasteiger partial charge < -0.3 is 0 Å². The monoisotopic (exact) mass is 439 g/mol. The minimum absolute atomic E-state index is 0.0826. The smallest absolute Gasteiger partial charge is 0.268 e. The Morgan fingerprint density at radius 2 is 1.50 bits per heavy atom. The van der Waals surface area contributed by atoms with E-state index in [1.54, 1.807) is 16.7 Å². The molecule has 3 aromatic rings. The van der Waals surface area contributed by atoms with Crippen molar-refractivity contribution in [3.05, 3.63) is 94.4 Å². The number of nitrogens with zero attached hydrogens (tertiary/aromatic N) is 1. The normalized spacial score (nSPS) is 15.5. The molecular formula is C22H14ClNOS3. The summed E-state index contributed by atoms with van der Waals surface area (Å²) < 4.78 is 0.553. The molecule has 1 heterocycles. The van der Waals surface area contributed by atoms with Gasteiger partial charge in [-0.15, -0.1) is 0 Å². The SMILES string of the molecule is O=C1/C(=C/c2ccc(Sc3ccc(Cl)cc3)cc2)SC(=S)N1c1ccccc1. The molecule has 0 atom stereocenters. The highest BCUT2D eigenvalue weighted by Crippen LogP contribution is 2.36. The fourth-order valence-electron chi connectivity index (χ4n) is 2.69. The summed E-state index contributed by atoms with van der Waals surface area (Å²) in [6.45, 7) is 0. The van der Waals surface area contributed by atoms with Crippen LogP contribution in [0.5, 0.6) is 0 Å². The van der Waals surface area contributed by atoms with E-state index in [1.165, 1.54) is 11.8 Å². The lowest BCUT2D eigenvalue weighted by Crippen LogP contribution is -2.27. The molecule has 2 nitrogen and oxygen atoms in total. The van der Waals surface area contributed by atoms with Gasteiger partial charge in [-0.05, 0) is 60.2 Å². The number of benzene rings is 3. The van der Waals surface area contributed by atoms with Crippen LogP contribution in [0.2, 0.25) is 5.02 Å². The van der Waals surface area contributed by atoms with Crippen LogP contribution in [-0.2, 0) is 4.79 Å². The molecule has 1 amide bonds. The summed E-state index contributed by atoms with van der Waals surface area (Å²) in [5.41, 5.74) is 1.76. The van der Waals surface area contributed by atoms with Gasteiger partial charge in [-0.3, -0.25) is 9.69 Å². The Kier molecular flexibility index (Phi) is 5.87. The molecule has 0 N–H and O–H groups in total. The van der Waals surface area contributed by atoms with E-state index in [-0.39, 0.29) is 5.91 Å². The number of rotatable bonds is 4. The summed E-state index contributed by atoms with van der Waals surface area (Å²) >= 11 is 14.3. The van der Waals surface area contributed by atoms with Crippen molar-refractivity contribution in [2.45, 2.75) is 9.79 Å². The Hall–Kier alpha value is -2.05. The average molecular weight is 440 g/mol. The van der Waals surface area contributed by atoms with Crippen LogP contribution < -0.4 is 4.90 Å². The maximum Gasteiger partial charge on any atom is 0.270 e. The topological polar surface area (TPSA) is 20.3 Å². The number of para-hydroxylation sites is 1. The largest absolute Gasteiger partial charge is 0.270 e. The van der Waals surface area contributed by atoms with Gasteiger partial charge in [-0.2, -0.15) is 0 Å². The molecular weight excluding hydrogens is 426 g/mol. The van der Waals surface area contributed by atoms with E-state index in [0.29, 0.717) is 9.23 Å². The van der Waals surface area contributed by atoms with Gasteiger partial charge in [0.05, 0.1) is 10.6 Å². The third-order valence-electron chi connectivity index (χ3n) is 4.04. The molecule has 6 heteroatoms. The van der Waals surface area contributed by atoms with Gasteiger partial charge >= 0.3 is 0 Å². The average Bonchev–Trinajstić information content (AvgIpc) is 2.99. The third kappa shape index (κ3) is 4.33. The summed E-state index contributed by atoms with van der Waals surface area (Å²) in [5.74, 6) is -0.0826. The molecule has 0 aromatic heterocycles. The molecule has 1 aliphatic heterocycles. The minimum atomic E-state index is -0.0826. The molecule has 1 fully saturated rings. The van der Waals surface area contributed by atoms with Crippen LogP contribution in [0.15, 0.2) is 93.6 Å². The van der Waals surface area contributed by atoms with E-state index in [1.807, 2.05) is 84.9 Å². The zero-order chi connectivity index (χ0) is 19.5. The predicted octanol–water partition coefficient (Wildman–Crippen LogP) is 6.90. The van der Waals surface area contributed by atoms with Crippen molar-refractivity contribution in [3.63, 3.8) is 0 Å². The van der Waals surface area contributed by atoms with E-state index < -0.39 is 0 Å². The lowest BCUT2D eigenvalue weighted by atomic mass is 10.2. The summed E-state index contributed by atoms with van der Waals surface area (Å²) in [6.07, 6.45) is 1.89. The number of thioether (sulfide) groups is 1. The number of hydrogen-bond donors (Lipinski definition) is 0. The standard InChI is InChI=1S/C22H14ClNOS3/c23-16-8-12-19(13-9-16)27-18-10-6-15(7-11-18)14-20-21(25)24(22(26)28-20)17-4-2-1-3-5-17/h1-14H/b20-14-. The molecule has 3 aromatic carbocycles. The van der Waals surface area contributed by atoms with Crippen LogP contribution in [0.3, 0.4) is 0 Å². The fraction of sp³-hybridized carbons (Fsp3) is 0. The van der Waals surface area contributed by atoms with Gasteiger partial charge in [0.1, 0.15) is 0 Å². The fourth-order valence-corrected chi connectivity index (χ4v) is 4.93. The van der Waals surface area contributed by atoms with Gasteiger partial charge in [0.2, 0.25) is 0 Å². The van der Waals surface area contributed by atoms with Crippen LogP contribution in [0.4, 0.5) is 5.69 Å². The van der Waals surface area contributed by atoms with Crippen molar-refractivity contribution >= 4 is 69.3 Å². The Morgan fingerprint density at radius 3 is 2.14 bits per heavy atom. The summed E-state index contributed by atoms with van der Waals surface area (Å²) in [7, 11) is 0. The van der Waals surface area contributed by atoms with E-state index in [4.69, 9.17) is 23.8 Å². The second-order valence-electron chi connectivity index (χ2n) is 5.98. The molecule has 28 heavy (non-hydrogen) atoms. The highest BCUT2D eigenvalue weighted by molar-refractivity contribution is 8.27. The summed E-state index contributed by atoms with van der Waals surface area (Å²) in [5, 5.41) is 0.729. The lowest BCUT2D eigenvalue weighted by molar-refractivity contribution is -0.113. The number of amides is 1. The third-order valence-corrected chi connectivity index (χ3v) is 6.61. The minimum Gasteiger partial charge on any atom is -0.268 e. The quantitative estimate of drug-likeness (QED) is 0.325. The van der Waals surface area contributed by atoms with Crippen molar-refractivity contribution < 1.29 is 4.79 Å². The van der Waals surface area contributed by atoms with Crippen LogP contribution in [0.1, 0.15) is 5.56 Å². The number of carbonyl (C=O) groups excluding carboxylic acids is 1. The first-order chi connectivity index (χ1) is 13.6. The number of halogens is 1. The number of thiocarbonyl (C=S) groups is 1. The lowest BCUT2D eigenvalue weighted by Gasteiger charge is -2.13. The molecule has 1 aliphatic rings. The molecule has 0 radical (unpaired) electrons. The van der Waals surface area contributed by atoms with Crippen LogP contribution >= 0.6 is 47.3 Å². The molecule has 0 spiro atoms. The van der Waals surface area contributed by atoms with Gasteiger partial charge in [-0.1, -0.05) is 77.7 Å². The molecule has 1 saturated heterocycles. The maximum absolute atomic E-state index is 12.8. The zero-order valence-electron chi connectivity index (χ0n) is 14.5. The van der Waals surface area contributed by atoms with Crippen molar-refractivity contribution in [1.82, 2.24) is 0 Å². The second kappa shape index (κ2) is 8.53. The molecule has 4 rings (SSSR count). The van der Waals surface area contributed by atoms with Gasteiger partial charge in [0, 0.05) is 14.8 Å². The first-order valence-corrected chi connectivity index (χ1v) is 10.9. The van der Waals surface area contributed by atoms with Gasteiger partial charge in [-0.25, -0.2) is 0 Å². The van der Waals surface area contributed by atoms with Crippen molar-refractivity contribution in [1.29, 1.82) is 0 Å². The molecule has 0 unspecified atom stereocenters. The Balaban J connectivity index is 1.50. The zero-order valence-corrected chi connectivity index (χ0v) is 17.7. The van der Waals surface area contributed by atoms with Crippen molar-refractivity contribution in [3.8, 4) is 0 Å². The Morgan fingerprint density at radius 1 is 0.893 bits per heavy atom.